The second-order valence-electron chi connectivity index (χ2n) is 6.33. The molecule has 0 fully saturated rings. The summed E-state index contributed by atoms with van der Waals surface area (Å²) in [4.78, 5) is 35.5. The van der Waals surface area contributed by atoms with Crippen LogP contribution in [0.2, 0.25) is 0 Å². The predicted molar refractivity (Wildman–Crippen MR) is 91.4 cm³/mol. The number of nitro benzene ring substituents is 1. The molecule has 1 aliphatic carbocycles. The zero-order valence-corrected chi connectivity index (χ0v) is 14.3. The fourth-order valence-electron chi connectivity index (χ4n) is 3.74. The Morgan fingerprint density at radius 2 is 2.15 bits per heavy atom. The molecule has 26 heavy (non-hydrogen) atoms. The molecule has 0 radical (unpaired) electrons. The average Bonchev–Trinajstić information content (AvgIpc) is 2.60. The van der Waals surface area contributed by atoms with Crippen molar-refractivity contribution in [2.24, 2.45) is 5.92 Å². The summed E-state index contributed by atoms with van der Waals surface area (Å²) in [5.74, 6) is -2.54. The van der Waals surface area contributed by atoms with Crippen LogP contribution in [0.15, 0.2) is 41.6 Å². The molecule has 0 unspecified atom stereocenters. The third-order valence-corrected chi connectivity index (χ3v) is 4.87. The summed E-state index contributed by atoms with van der Waals surface area (Å²) in [6.07, 6.45) is 3.84. The smallest absolute Gasteiger partial charge is 0.336 e. The number of carbonyl (C=O) groups excluding carboxylic acids is 2. The van der Waals surface area contributed by atoms with Crippen LogP contribution in [-0.2, 0) is 14.3 Å². The first-order valence-electron chi connectivity index (χ1n) is 8.08. The first-order chi connectivity index (χ1) is 12.3. The molecule has 1 aromatic carbocycles. The quantitative estimate of drug-likeness (QED) is 0.481. The minimum atomic E-state index is -0.703. The van der Waals surface area contributed by atoms with E-state index < -0.39 is 34.2 Å². The number of methoxy groups -OCH3 is 1. The maximum atomic E-state index is 12.6. The molecule has 136 valence electrons. The lowest BCUT2D eigenvalue weighted by Crippen LogP contribution is -2.49. The molecule has 3 rings (SSSR count). The molecule has 3 atom stereocenters. The zero-order chi connectivity index (χ0) is 19.0. The van der Waals surface area contributed by atoms with Crippen molar-refractivity contribution < 1.29 is 24.4 Å². The van der Waals surface area contributed by atoms with E-state index in [0.29, 0.717) is 17.7 Å². The summed E-state index contributed by atoms with van der Waals surface area (Å²) in [5, 5.41) is 24.1. The Morgan fingerprint density at radius 1 is 1.42 bits per heavy atom. The van der Waals surface area contributed by atoms with Crippen molar-refractivity contribution in [2.75, 3.05) is 7.11 Å². The van der Waals surface area contributed by atoms with Gasteiger partial charge < -0.3 is 15.2 Å². The van der Waals surface area contributed by atoms with Crippen LogP contribution in [0.1, 0.15) is 24.8 Å². The molecule has 2 N–H and O–H groups in total. The molecular weight excluding hydrogens is 340 g/mol. The SMILES string of the molecule is COC(=O)C1=C(C)N[C@@H]2CC=CC(=O)[C@H]2[C@@H]1c1ccc(O)c([N+](=O)[O-])c1. The van der Waals surface area contributed by atoms with E-state index in [-0.39, 0.29) is 17.4 Å². The van der Waals surface area contributed by atoms with E-state index in [1.165, 1.54) is 31.4 Å². The first-order valence-corrected chi connectivity index (χ1v) is 8.08. The second-order valence-corrected chi connectivity index (χ2v) is 6.33. The maximum Gasteiger partial charge on any atom is 0.336 e. The van der Waals surface area contributed by atoms with Crippen LogP contribution >= 0.6 is 0 Å². The fraction of sp³-hybridized carbons (Fsp3) is 0.333. The van der Waals surface area contributed by atoms with Gasteiger partial charge in [-0.3, -0.25) is 14.9 Å². The van der Waals surface area contributed by atoms with Gasteiger partial charge in [-0.05, 0) is 31.1 Å². The van der Waals surface area contributed by atoms with E-state index in [9.17, 15) is 24.8 Å². The highest BCUT2D eigenvalue weighted by Crippen LogP contribution is 2.44. The highest BCUT2D eigenvalue weighted by Gasteiger charge is 2.45. The average molecular weight is 358 g/mol. The van der Waals surface area contributed by atoms with E-state index in [2.05, 4.69) is 5.32 Å². The van der Waals surface area contributed by atoms with Crippen LogP contribution in [0.25, 0.3) is 0 Å². The number of hydrogen-bond acceptors (Lipinski definition) is 7. The number of nitro groups is 1. The minimum Gasteiger partial charge on any atom is -0.502 e. The molecule has 0 saturated heterocycles. The van der Waals surface area contributed by atoms with Crippen LogP contribution < -0.4 is 5.32 Å². The van der Waals surface area contributed by atoms with Crippen LogP contribution in [0.3, 0.4) is 0 Å². The number of nitrogens with one attached hydrogen (secondary N) is 1. The minimum absolute atomic E-state index is 0.164. The van der Waals surface area contributed by atoms with Crippen molar-refractivity contribution in [1.29, 1.82) is 0 Å². The molecule has 2 aliphatic rings. The van der Waals surface area contributed by atoms with Crippen LogP contribution in [-0.4, -0.2) is 34.9 Å². The summed E-state index contributed by atoms with van der Waals surface area (Å²) in [5.41, 5.74) is 0.770. The predicted octanol–water partition coefficient (Wildman–Crippen LogP) is 1.95. The normalized spacial score (nSPS) is 24.7. The highest BCUT2D eigenvalue weighted by atomic mass is 16.6. The number of phenols is 1. The van der Waals surface area contributed by atoms with E-state index in [0.717, 1.165) is 0 Å². The van der Waals surface area contributed by atoms with Crippen molar-refractivity contribution in [3.8, 4) is 5.75 Å². The van der Waals surface area contributed by atoms with Crippen molar-refractivity contribution in [3.63, 3.8) is 0 Å². The van der Waals surface area contributed by atoms with Crippen LogP contribution in [0, 0.1) is 16.0 Å². The lowest BCUT2D eigenvalue weighted by molar-refractivity contribution is -0.385. The Bertz CT molecular complexity index is 857. The van der Waals surface area contributed by atoms with Gasteiger partial charge >= 0.3 is 11.7 Å². The second kappa shape index (κ2) is 6.62. The standard InChI is InChI=1S/C18H18N2O6/c1-9-15(18(23)26-2)16(17-11(19-9)4-3-5-14(17)22)10-6-7-13(21)12(8-10)20(24)25/h3,5-8,11,16-17,19,21H,4H2,1-2H3/t11-,16-,17+/m1/s1. The number of esters is 1. The van der Waals surface area contributed by atoms with Gasteiger partial charge in [-0.15, -0.1) is 0 Å². The third kappa shape index (κ3) is 2.83. The summed E-state index contributed by atoms with van der Waals surface area (Å²) >= 11 is 0. The number of aromatic hydroxyl groups is 1. The number of nitrogens with zero attached hydrogens (tertiary/aromatic N) is 1. The Balaban J connectivity index is 2.21. The Labute approximate surface area is 149 Å². The molecule has 8 heteroatoms. The summed E-state index contributed by atoms with van der Waals surface area (Å²) < 4.78 is 4.88. The third-order valence-electron chi connectivity index (χ3n) is 4.87. The largest absolute Gasteiger partial charge is 0.502 e. The molecular formula is C18H18N2O6. The number of allylic oxidation sites excluding steroid dienone is 2. The number of hydrogen-bond donors (Lipinski definition) is 2. The number of ether oxygens (including phenoxy) is 1. The number of ketones is 1. The number of benzene rings is 1. The highest BCUT2D eigenvalue weighted by molar-refractivity contribution is 5.98. The van der Waals surface area contributed by atoms with Gasteiger partial charge in [-0.2, -0.15) is 0 Å². The molecule has 0 bridgehead atoms. The van der Waals surface area contributed by atoms with Crippen molar-refractivity contribution >= 4 is 17.4 Å². The van der Waals surface area contributed by atoms with Gasteiger partial charge in [-0.1, -0.05) is 12.1 Å². The first kappa shape index (κ1) is 17.7. The van der Waals surface area contributed by atoms with E-state index in [4.69, 9.17) is 4.74 Å². The summed E-state index contributed by atoms with van der Waals surface area (Å²) in [7, 11) is 1.24. The monoisotopic (exact) mass is 358 g/mol. The molecule has 0 aromatic heterocycles. The molecule has 1 aromatic rings. The number of phenolic OH excluding ortho intramolecular Hbond substituents is 1. The summed E-state index contributed by atoms with van der Waals surface area (Å²) in [6, 6.07) is 3.69. The Hall–Kier alpha value is -3.16. The lowest BCUT2D eigenvalue weighted by atomic mass is 9.69. The van der Waals surface area contributed by atoms with Gasteiger partial charge in [0, 0.05) is 23.7 Å². The Morgan fingerprint density at radius 3 is 2.81 bits per heavy atom. The molecule has 0 amide bonds. The van der Waals surface area contributed by atoms with Crippen molar-refractivity contribution in [2.45, 2.75) is 25.3 Å². The topological polar surface area (TPSA) is 119 Å². The van der Waals surface area contributed by atoms with Crippen molar-refractivity contribution in [1.82, 2.24) is 5.32 Å². The number of fused-ring (bicyclic) bond motifs is 1. The van der Waals surface area contributed by atoms with E-state index in [1.807, 2.05) is 0 Å². The maximum absolute atomic E-state index is 12.6. The van der Waals surface area contributed by atoms with Crippen LogP contribution in [0.4, 0.5) is 5.69 Å². The van der Waals surface area contributed by atoms with Gasteiger partial charge in [-0.25, -0.2) is 4.79 Å². The number of carbonyl (C=O) groups is 2. The zero-order valence-electron chi connectivity index (χ0n) is 14.3. The van der Waals surface area contributed by atoms with Gasteiger partial charge in [0.05, 0.1) is 23.5 Å². The molecule has 0 spiro atoms. The summed E-state index contributed by atoms with van der Waals surface area (Å²) in [6.45, 7) is 1.72. The van der Waals surface area contributed by atoms with Crippen molar-refractivity contribution in [3.05, 3.63) is 57.3 Å². The van der Waals surface area contributed by atoms with E-state index in [1.54, 1.807) is 13.0 Å². The molecule has 1 heterocycles. The van der Waals surface area contributed by atoms with Gasteiger partial charge in [0.15, 0.2) is 11.5 Å². The number of rotatable bonds is 3. The van der Waals surface area contributed by atoms with E-state index >= 15 is 0 Å². The Kier molecular flexibility index (Phi) is 4.50. The molecule has 1 aliphatic heterocycles. The molecule has 8 nitrogen and oxygen atoms in total. The van der Waals surface area contributed by atoms with Gasteiger partial charge in [0.1, 0.15) is 0 Å². The van der Waals surface area contributed by atoms with Crippen LogP contribution in [0.5, 0.6) is 5.75 Å². The fourth-order valence-corrected chi connectivity index (χ4v) is 3.74. The molecule has 0 saturated carbocycles. The lowest BCUT2D eigenvalue weighted by Gasteiger charge is -2.40. The van der Waals surface area contributed by atoms with Gasteiger partial charge in [0.25, 0.3) is 0 Å². The van der Waals surface area contributed by atoms with Gasteiger partial charge in [0.2, 0.25) is 0 Å².